The Morgan fingerprint density at radius 3 is 2.41 bits per heavy atom. The fraction of sp³-hybridized carbons (Fsp3) is 0.300. The molecule has 0 bridgehead atoms. The van der Waals surface area contributed by atoms with Gasteiger partial charge >= 0.3 is 6.18 Å². The molecule has 1 unspecified atom stereocenters. The van der Waals surface area contributed by atoms with Gasteiger partial charge in [0.15, 0.2) is 5.69 Å². The molecular weight excluding hydrogens is 864 g/mol. The lowest BCUT2D eigenvalue weighted by Gasteiger charge is -2.27. The van der Waals surface area contributed by atoms with Crippen LogP contribution in [0.5, 0.6) is 0 Å². The summed E-state index contributed by atoms with van der Waals surface area (Å²) >= 11 is 0. The number of nitrogens with one attached hydrogen (secondary N) is 5. The number of pyridine rings is 1. The Labute approximate surface area is 363 Å². The second kappa shape index (κ2) is 18.5. The van der Waals surface area contributed by atoms with Crippen molar-refractivity contribution in [1.29, 1.82) is 0 Å². The van der Waals surface area contributed by atoms with E-state index in [4.69, 9.17) is 0 Å². The number of unbranched alkanes of at least 4 members (excludes halogenated alkanes) is 2. The Kier molecular flexibility index (Phi) is 12.9. The molecule has 24 heteroatoms. The van der Waals surface area contributed by atoms with Gasteiger partial charge in [0.25, 0.3) is 17.7 Å². The lowest BCUT2D eigenvalue weighted by Crippen LogP contribution is -2.54. The van der Waals surface area contributed by atoms with E-state index in [1.54, 1.807) is 47.1 Å². The smallest absolute Gasteiger partial charge is 0.385 e. The zero-order valence-electron chi connectivity index (χ0n) is 34.1. The minimum Gasteiger partial charge on any atom is -0.385 e. The number of rotatable bonds is 17. The van der Waals surface area contributed by atoms with E-state index in [2.05, 4.69) is 51.8 Å². The van der Waals surface area contributed by atoms with Crippen molar-refractivity contribution in [2.24, 2.45) is 0 Å². The van der Waals surface area contributed by atoms with Gasteiger partial charge in [0.2, 0.25) is 27.8 Å². The minimum atomic E-state index is -4.80. The van der Waals surface area contributed by atoms with Crippen LogP contribution in [0.25, 0.3) is 0 Å². The first-order valence-electron chi connectivity index (χ1n) is 19.7. The van der Waals surface area contributed by atoms with Crippen molar-refractivity contribution in [1.82, 2.24) is 40.2 Å². The van der Waals surface area contributed by atoms with Crippen molar-refractivity contribution >= 4 is 74.2 Å². The number of sulfonamides is 1. The van der Waals surface area contributed by atoms with Gasteiger partial charge in [0.05, 0.1) is 23.6 Å². The summed E-state index contributed by atoms with van der Waals surface area (Å²) in [7, 11) is -2.42. The summed E-state index contributed by atoms with van der Waals surface area (Å²) in [5.74, 6) is -3.47. The Hall–Kier alpha value is -7.50. The highest BCUT2D eigenvalue weighted by atomic mass is 32.2. The quantitative estimate of drug-likeness (QED) is 0.0649. The molecule has 5 heterocycles. The Morgan fingerprint density at radius 1 is 0.938 bits per heavy atom. The molecule has 1 fully saturated rings. The number of hydrogen-bond donors (Lipinski definition) is 5. The van der Waals surface area contributed by atoms with Crippen molar-refractivity contribution in [3.8, 4) is 0 Å². The Balaban J connectivity index is 0.863. The zero-order valence-corrected chi connectivity index (χ0v) is 35.0. The summed E-state index contributed by atoms with van der Waals surface area (Å²) in [6.45, 7) is 0.811. The van der Waals surface area contributed by atoms with Gasteiger partial charge in [-0.05, 0) is 74.2 Å². The minimum absolute atomic E-state index is 0.0360. The van der Waals surface area contributed by atoms with Gasteiger partial charge in [-0.1, -0.05) is 11.3 Å². The predicted molar refractivity (Wildman–Crippen MR) is 225 cm³/mol. The Bertz CT molecular complexity index is 2730. The van der Waals surface area contributed by atoms with Crippen LogP contribution in [0.3, 0.4) is 0 Å². The van der Waals surface area contributed by atoms with Crippen LogP contribution in [0.4, 0.5) is 47.8 Å². The number of amides is 5. The number of piperidine rings is 1. The standard InChI is InChI=1S/C40H40F3N13O7S/c1-54(64(2,62)63)34-23(7-6-17-45-34)20-46-33-29(40(41,42)43)21-47-39(51-33)49-25-10-8-24(9-11-25)48-35(58)30-22-55(53-52-30)18-5-3-4-16-44-26-12-13-27-28(19-26)38(61)56(37(27)60)31-14-15-32(57)50-36(31)59/h6-13,17,19,21-22,31,44H,3-5,14-16,18,20H2,1-2H3,(H,48,58)(H,50,57,59)(H2,46,47,49,51). The molecule has 64 heavy (non-hydrogen) atoms. The Morgan fingerprint density at radius 2 is 1.67 bits per heavy atom. The zero-order chi connectivity index (χ0) is 45.8. The van der Waals surface area contributed by atoms with E-state index in [0.29, 0.717) is 48.3 Å². The molecule has 3 aromatic heterocycles. The summed E-state index contributed by atoms with van der Waals surface area (Å²) in [5.41, 5.74) is 1.05. The van der Waals surface area contributed by atoms with Crippen LogP contribution in [-0.2, 0) is 38.9 Å². The largest absolute Gasteiger partial charge is 0.421 e. The lowest BCUT2D eigenvalue weighted by molar-refractivity contribution is -0.138. The molecule has 0 radical (unpaired) electrons. The molecule has 20 nitrogen and oxygen atoms in total. The van der Waals surface area contributed by atoms with E-state index in [1.165, 1.54) is 31.6 Å². The highest BCUT2D eigenvalue weighted by molar-refractivity contribution is 7.92. The number of nitrogens with zero attached hydrogens (tertiary/aromatic N) is 8. The summed E-state index contributed by atoms with van der Waals surface area (Å²) in [6.07, 6.45) is 2.04. The normalized spacial score (nSPS) is 15.1. The number of benzene rings is 2. The topological polar surface area (TPSA) is 255 Å². The van der Waals surface area contributed by atoms with Gasteiger partial charge in [-0.25, -0.2) is 18.4 Å². The van der Waals surface area contributed by atoms with E-state index < -0.39 is 63.2 Å². The molecule has 0 saturated carbocycles. The fourth-order valence-electron chi connectivity index (χ4n) is 6.83. The van der Waals surface area contributed by atoms with E-state index in [-0.39, 0.29) is 48.0 Å². The molecule has 2 aliphatic rings. The van der Waals surface area contributed by atoms with Crippen LogP contribution in [0.15, 0.2) is 73.2 Å². The summed E-state index contributed by atoms with van der Waals surface area (Å²) in [6, 6.07) is 13.0. The number of carbonyl (C=O) groups is 5. The third-order valence-corrected chi connectivity index (χ3v) is 11.4. The van der Waals surface area contributed by atoms with Crippen LogP contribution in [0.2, 0.25) is 0 Å². The third-order valence-electron chi connectivity index (χ3n) is 10.2. The van der Waals surface area contributed by atoms with Crippen molar-refractivity contribution in [2.75, 3.05) is 45.4 Å². The number of hydrogen-bond acceptors (Lipinski definition) is 15. The molecule has 0 spiro atoms. The summed E-state index contributed by atoms with van der Waals surface area (Å²) in [4.78, 5) is 75.6. The van der Waals surface area contributed by atoms with Gasteiger partial charge in [-0.2, -0.15) is 18.2 Å². The van der Waals surface area contributed by atoms with Crippen LogP contribution in [0, 0.1) is 0 Å². The van der Waals surface area contributed by atoms with Crippen molar-refractivity contribution in [3.05, 3.63) is 101 Å². The number of aryl methyl sites for hydroxylation is 1. The van der Waals surface area contributed by atoms with Crippen molar-refractivity contribution in [2.45, 2.75) is 57.4 Å². The van der Waals surface area contributed by atoms with Crippen molar-refractivity contribution < 1.29 is 45.6 Å². The number of fused-ring (bicyclic) bond motifs is 1. The number of halogens is 3. The lowest BCUT2D eigenvalue weighted by atomic mass is 10.0. The molecule has 2 aliphatic heterocycles. The average molecular weight is 904 g/mol. The first-order chi connectivity index (χ1) is 30.5. The molecule has 1 saturated heterocycles. The first kappa shape index (κ1) is 44.6. The molecule has 2 aromatic carbocycles. The fourth-order valence-corrected chi connectivity index (χ4v) is 7.31. The van der Waals surface area contributed by atoms with Gasteiger partial charge in [-0.3, -0.25) is 43.2 Å². The molecule has 7 rings (SSSR count). The molecule has 1 atom stereocenters. The number of anilines is 6. The van der Waals surface area contributed by atoms with Crippen LogP contribution in [-0.4, -0.2) is 98.7 Å². The van der Waals surface area contributed by atoms with Crippen LogP contribution < -0.4 is 30.9 Å². The monoisotopic (exact) mass is 903 g/mol. The SMILES string of the molecule is CN(c1ncccc1CNc1nc(Nc2ccc(NC(=O)c3cn(CCCCCNc4ccc5c(c4)C(=O)N(C4CCC(=O)NC4=O)C5=O)nn3)cc2)ncc1C(F)(F)F)S(C)(=O)=O. The second-order valence-electron chi connectivity index (χ2n) is 14.7. The molecule has 334 valence electrons. The van der Waals surface area contributed by atoms with E-state index in [1.807, 2.05) is 0 Å². The molecule has 0 aliphatic carbocycles. The predicted octanol–water partition coefficient (Wildman–Crippen LogP) is 4.17. The molecule has 5 N–H and O–H groups in total. The maximum Gasteiger partial charge on any atom is 0.421 e. The van der Waals surface area contributed by atoms with E-state index in [0.717, 1.165) is 28.3 Å². The molecule has 5 aromatic rings. The third kappa shape index (κ3) is 10.2. The van der Waals surface area contributed by atoms with E-state index in [9.17, 15) is 45.6 Å². The maximum atomic E-state index is 13.9. The maximum absolute atomic E-state index is 13.9. The number of alkyl halides is 3. The van der Waals surface area contributed by atoms with Crippen molar-refractivity contribution in [3.63, 3.8) is 0 Å². The highest BCUT2D eigenvalue weighted by Gasteiger charge is 2.44. The second-order valence-corrected chi connectivity index (χ2v) is 16.8. The van der Waals surface area contributed by atoms with Gasteiger partial charge in [0, 0.05) is 68.1 Å². The van der Waals surface area contributed by atoms with Gasteiger partial charge < -0.3 is 21.3 Å². The molecular formula is C40H40F3N13O7S. The average Bonchev–Trinajstić information content (AvgIpc) is 3.83. The van der Waals surface area contributed by atoms with Crippen LogP contribution in [0.1, 0.15) is 74.4 Å². The van der Waals surface area contributed by atoms with Crippen LogP contribution >= 0.6 is 0 Å². The molecule has 5 amide bonds. The summed E-state index contributed by atoms with van der Waals surface area (Å²) < 4.78 is 68.4. The number of carbonyl (C=O) groups excluding carboxylic acids is 5. The summed E-state index contributed by atoms with van der Waals surface area (Å²) in [5, 5.41) is 21.6. The number of aromatic nitrogens is 6. The van der Waals surface area contributed by atoms with E-state index >= 15 is 0 Å². The first-order valence-corrected chi connectivity index (χ1v) is 21.5. The van der Waals surface area contributed by atoms with Gasteiger partial charge in [-0.15, -0.1) is 5.10 Å². The number of imide groups is 2. The van der Waals surface area contributed by atoms with Gasteiger partial charge in [0.1, 0.15) is 23.2 Å². The highest BCUT2D eigenvalue weighted by Crippen LogP contribution is 2.35.